The normalized spacial score (nSPS) is 10.5. The molecule has 0 aliphatic heterocycles. The highest BCUT2D eigenvalue weighted by Crippen LogP contribution is 2.26. The minimum atomic E-state index is -0.940. The van der Waals surface area contributed by atoms with Gasteiger partial charge in [0.05, 0.1) is 12.3 Å². The maximum Gasteiger partial charge on any atom is 0.347 e. The Hall–Kier alpha value is -1.14. The smallest absolute Gasteiger partial charge is 0.347 e. The van der Waals surface area contributed by atoms with Gasteiger partial charge in [0, 0.05) is 20.7 Å². The Balaban J connectivity index is 2.86. The zero-order chi connectivity index (χ0) is 12.8. The summed E-state index contributed by atoms with van der Waals surface area (Å²) in [5.41, 5.74) is 0.503. The van der Waals surface area contributed by atoms with Gasteiger partial charge in [-0.05, 0) is 6.42 Å². The van der Waals surface area contributed by atoms with Crippen LogP contribution in [0.2, 0.25) is 0 Å². The number of anilines is 1. The van der Waals surface area contributed by atoms with Crippen LogP contribution in [0.15, 0.2) is 0 Å². The number of aromatic carboxylic acids is 1. The average Bonchev–Trinajstić information content (AvgIpc) is 2.70. The number of carboxylic acid groups (broad SMARTS) is 1. The number of ether oxygens (including phenoxy) is 1. The van der Waals surface area contributed by atoms with Gasteiger partial charge in [0.25, 0.3) is 0 Å². The predicted molar refractivity (Wildman–Crippen MR) is 68.0 cm³/mol. The van der Waals surface area contributed by atoms with Crippen molar-refractivity contribution in [2.75, 3.05) is 25.6 Å². The quantitative estimate of drug-likeness (QED) is 0.812. The summed E-state index contributed by atoms with van der Waals surface area (Å²) in [5, 5.41) is 9.80. The van der Waals surface area contributed by atoms with Crippen LogP contribution in [0.3, 0.4) is 0 Å². The van der Waals surface area contributed by atoms with E-state index in [1.807, 2.05) is 11.9 Å². The number of methoxy groups -OCH3 is 1. The van der Waals surface area contributed by atoms with E-state index in [1.54, 1.807) is 0 Å². The molecule has 0 saturated heterocycles. The number of carboxylic acids is 1. The molecule has 0 unspecified atom stereocenters. The fourth-order valence-corrected chi connectivity index (χ4v) is 2.29. The van der Waals surface area contributed by atoms with E-state index in [0.717, 1.165) is 24.5 Å². The Morgan fingerprint density at radius 1 is 1.59 bits per heavy atom. The van der Waals surface area contributed by atoms with Crippen LogP contribution in [0.4, 0.5) is 5.13 Å². The van der Waals surface area contributed by atoms with Crippen molar-refractivity contribution < 1.29 is 14.6 Å². The monoisotopic (exact) mass is 258 g/mol. The van der Waals surface area contributed by atoms with Gasteiger partial charge in [0.2, 0.25) is 0 Å². The van der Waals surface area contributed by atoms with Gasteiger partial charge in [-0.25, -0.2) is 9.78 Å². The molecular weight excluding hydrogens is 240 g/mol. The lowest BCUT2D eigenvalue weighted by Gasteiger charge is -2.14. The van der Waals surface area contributed by atoms with E-state index in [2.05, 4.69) is 11.9 Å². The molecule has 0 fully saturated rings. The number of aromatic nitrogens is 1. The number of unbranched alkanes of at least 4 members (excludes halogenated alkanes) is 1. The van der Waals surface area contributed by atoms with Crippen molar-refractivity contribution in [3.63, 3.8) is 0 Å². The van der Waals surface area contributed by atoms with E-state index in [0.29, 0.717) is 5.69 Å². The van der Waals surface area contributed by atoms with E-state index in [-0.39, 0.29) is 11.5 Å². The van der Waals surface area contributed by atoms with E-state index < -0.39 is 5.97 Å². The fourth-order valence-electron chi connectivity index (χ4n) is 1.40. The molecule has 0 radical (unpaired) electrons. The van der Waals surface area contributed by atoms with Crippen molar-refractivity contribution in [3.8, 4) is 0 Å². The van der Waals surface area contributed by atoms with Crippen molar-refractivity contribution in [2.24, 2.45) is 0 Å². The molecule has 1 heterocycles. The first-order valence-corrected chi connectivity index (χ1v) is 6.34. The maximum atomic E-state index is 11.0. The van der Waals surface area contributed by atoms with Crippen LogP contribution < -0.4 is 4.90 Å². The van der Waals surface area contributed by atoms with Crippen LogP contribution in [0.1, 0.15) is 35.1 Å². The van der Waals surface area contributed by atoms with E-state index in [1.165, 1.54) is 18.4 Å². The number of hydrogen-bond donors (Lipinski definition) is 1. The topological polar surface area (TPSA) is 62.7 Å². The second kappa shape index (κ2) is 6.56. The Kier molecular flexibility index (Phi) is 5.37. The first-order chi connectivity index (χ1) is 8.10. The van der Waals surface area contributed by atoms with Gasteiger partial charge in [-0.3, -0.25) is 0 Å². The molecule has 17 heavy (non-hydrogen) atoms. The Bertz CT molecular complexity index is 379. The first kappa shape index (κ1) is 13.9. The summed E-state index contributed by atoms with van der Waals surface area (Å²) in [4.78, 5) is 17.6. The standard InChI is InChI=1S/C11H18N2O3S/c1-4-5-6-13(2)11-12-8(7-16-3)9(17-11)10(14)15/h4-7H2,1-3H3,(H,14,15). The van der Waals surface area contributed by atoms with E-state index in [9.17, 15) is 4.79 Å². The van der Waals surface area contributed by atoms with Crippen molar-refractivity contribution >= 4 is 22.4 Å². The maximum absolute atomic E-state index is 11.0. The molecule has 1 aromatic heterocycles. The second-order valence-corrected chi connectivity index (χ2v) is 4.76. The molecule has 96 valence electrons. The number of carbonyl (C=O) groups is 1. The fraction of sp³-hybridized carbons (Fsp3) is 0.636. The molecule has 0 spiro atoms. The highest BCUT2D eigenvalue weighted by molar-refractivity contribution is 7.17. The van der Waals surface area contributed by atoms with Crippen molar-refractivity contribution in [1.29, 1.82) is 0 Å². The Labute approximate surface area is 105 Å². The SMILES string of the molecule is CCCCN(C)c1nc(COC)c(C(=O)O)s1. The van der Waals surface area contributed by atoms with Crippen molar-refractivity contribution in [3.05, 3.63) is 10.6 Å². The summed E-state index contributed by atoms with van der Waals surface area (Å²) >= 11 is 1.20. The number of nitrogens with zero attached hydrogens (tertiary/aromatic N) is 2. The number of rotatable bonds is 7. The zero-order valence-corrected chi connectivity index (χ0v) is 11.2. The van der Waals surface area contributed by atoms with Gasteiger partial charge in [0.1, 0.15) is 4.88 Å². The van der Waals surface area contributed by atoms with Gasteiger partial charge in [-0.1, -0.05) is 24.7 Å². The summed E-state index contributed by atoms with van der Waals surface area (Å²) in [5.74, 6) is -0.940. The minimum Gasteiger partial charge on any atom is -0.477 e. The molecule has 1 rings (SSSR count). The van der Waals surface area contributed by atoms with Crippen LogP contribution in [0.5, 0.6) is 0 Å². The molecule has 0 saturated carbocycles. The van der Waals surface area contributed by atoms with Crippen molar-refractivity contribution in [2.45, 2.75) is 26.4 Å². The summed E-state index contributed by atoms with van der Waals surface area (Å²) in [6.45, 7) is 3.24. The van der Waals surface area contributed by atoms with E-state index >= 15 is 0 Å². The van der Waals surface area contributed by atoms with Crippen LogP contribution in [0, 0.1) is 0 Å². The second-order valence-electron chi connectivity index (χ2n) is 3.79. The van der Waals surface area contributed by atoms with Gasteiger partial charge in [0.15, 0.2) is 5.13 Å². The molecule has 6 heteroatoms. The lowest BCUT2D eigenvalue weighted by molar-refractivity contribution is 0.0697. The van der Waals surface area contributed by atoms with Crippen LogP contribution in [-0.2, 0) is 11.3 Å². The minimum absolute atomic E-state index is 0.236. The van der Waals surface area contributed by atoms with Gasteiger partial charge >= 0.3 is 5.97 Å². The summed E-state index contributed by atoms with van der Waals surface area (Å²) < 4.78 is 4.96. The van der Waals surface area contributed by atoms with Gasteiger partial charge < -0.3 is 14.7 Å². The Morgan fingerprint density at radius 3 is 2.82 bits per heavy atom. The van der Waals surface area contributed by atoms with Crippen LogP contribution in [0.25, 0.3) is 0 Å². The van der Waals surface area contributed by atoms with Gasteiger partial charge in [-0.2, -0.15) is 0 Å². The van der Waals surface area contributed by atoms with Crippen LogP contribution >= 0.6 is 11.3 Å². The molecule has 0 aromatic carbocycles. The Morgan fingerprint density at radius 2 is 2.29 bits per heavy atom. The molecule has 0 bridgehead atoms. The molecule has 0 aliphatic rings. The third-order valence-corrected chi connectivity index (χ3v) is 3.53. The molecule has 5 nitrogen and oxygen atoms in total. The largest absolute Gasteiger partial charge is 0.477 e. The lowest BCUT2D eigenvalue weighted by atomic mass is 10.3. The molecule has 0 aliphatic carbocycles. The zero-order valence-electron chi connectivity index (χ0n) is 10.4. The van der Waals surface area contributed by atoms with Crippen molar-refractivity contribution in [1.82, 2.24) is 4.98 Å². The predicted octanol–water partition coefficient (Wildman–Crippen LogP) is 2.22. The van der Waals surface area contributed by atoms with Crippen LogP contribution in [-0.4, -0.2) is 36.8 Å². The lowest BCUT2D eigenvalue weighted by Crippen LogP contribution is -2.17. The molecule has 1 N–H and O–H groups in total. The summed E-state index contributed by atoms with van der Waals surface area (Å²) in [7, 11) is 3.46. The molecule has 0 amide bonds. The molecule has 1 aromatic rings. The third-order valence-electron chi connectivity index (χ3n) is 2.33. The number of thiazole rings is 1. The van der Waals surface area contributed by atoms with Gasteiger partial charge in [-0.15, -0.1) is 0 Å². The molecular formula is C11H18N2O3S. The van der Waals surface area contributed by atoms with E-state index in [4.69, 9.17) is 9.84 Å². The summed E-state index contributed by atoms with van der Waals surface area (Å²) in [6.07, 6.45) is 2.17. The molecule has 0 atom stereocenters. The first-order valence-electron chi connectivity index (χ1n) is 5.53. The highest BCUT2D eigenvalue weighted by atomic mass is 32.1. The third kappa shape index (κ3) is 3.67. The number of hydrogen-bond acceptors (Lipinski definition) is 5. The summed E-state index contributed by atoms with van der Waals surface area (Å²) in [6, 6.07) is 0. The highest BCUT2D eigenvalue weighted by Gasteiger charge is 2.18. The average molecular weight is 258 g/mol.